The summed E-state index contributed by atoms with van der Waals surface area (Å²) in [6.07, 6.45) is 5.11. The van der Waals surface area contributed by atoms with E-state index in [0.717, 1.165) is 18.6 Å². The van der Waals surface area contributed by atoms with Gasteiger partial charge in [0.2, 0.25) is 0 Å². The standard InChI is InChI=1S/C14H19ClN2O/c1-17-10-3-4-11(17)8-12(7-10)18-14-5-2-9(16)6-13(14)15/h2,5-6,10-12H,3-4,7-8,16H2,1H3/t10-,11+,12+. The van der Waals surface area contributed by atoms with Crippen molar-refractivity contribution in [2.75, 3.05) is 12.8 Å². The lowest BCUT2D eigenvalue weighted by molar-refractivity contribution is 0.0662. The van der Waals surface area contributed by atoms with E-state index in [4.69, 9.17) is 22.1 Å². The minimum absolute atomic E-state index is 0.292. The van der Waals surface area contributed by atoms with Gasteiger partial charge in [-0.3, -0.25) is 0 Å². The predicted molar refractivity (Wildman–Crippen MR) is 74.1 cm³/mol. The third kappa shape index (κ3) is 2.17. The quantitative estimate of drug-likeness (QED) is 0.837. The van der Waals surface area contributed by atoms with Crippen LogP contribution in [-0.2, 0) is 0 Å². The smallest absolute Gasteiger partial charge is 0.138 e. The molecule has 2 fully saturated rings. The second kappa shape index (κ2) is 4.63. The molecule has 0 saturated carbocycles. The van der Waals surface area contributed by atoms with E-state index in [1.807, 2.05) is 12.1 Å². The summed E-state index contributed by atoms with van der Waals surface area (Å²) in [6.45, 7) is 0. The number of nitrogens with zero attached hydrogens (tertiary/aromatic N) is 1. The molecule has 2 aliphatic heterocycles. The maximum absolute atomic E-state index is 6.15. The predicted octanol–water partition coefficient (Wildman–Crippen LogP) is 2.93. The largest absolute Gasteiger partial charge is 0.489 e. The number of anilines is 1. The normalized spacial score (nSPS) is 31.6. The van der Waals surface area contributed by atoms with Crippen LogP contribution in [0.25, 0.3) is 0 Å². The van der Waals surface area contributed by atoms with Crippen molar-refractivity contribution in [2.45, 2.75) is 43.9 Å². The van der Waals surface area contributed by atoms with Crippen molar-refractivity contribution in [1.82, 2.24) is 4.90 Å². The van der Waals surface area contributed by atoms with Crippen LogP contribution in [0.15, 0.2) is 18.2 Å². The molecule has 98 valence electrons. The Hall–Kier alpha value is -0.930. The lowest BCUT2D eigenvalue weighted by atomic mass is 10.0. The van der Waals surface area contributed by atoms with Gasteiger partial charge in [-0.25, -0.2) is 0 Å². The molecule has 18 heavy (non-hydrogen) atoms. The van der Waals surface area contributed by atoms with Crippen molar-refractivity contribution >= 4 is 17.3 Å². The molecule has 1 aromatic rings. The first-order valence-corrected chi connectivity index (χ1v) is 6.95. The molecule has 0 spiro atoms. The highest BCUT2D eigenvalue weighted by molar-refractivity contribution is 6.32. The molecule has 0 amide bonds. The van der Waals surface area contributed by atoms with Gasteiger partial charge in [0.15, 0.2) is 0 Å². The van der Waals surface area contributed by atoms with Crippen LogP contribution in [0.5, 0.6) is 5.75 Å². The highest BCUT2D eigenvalue weighted by Gasteiger charge is 2.39. The molecule has 3 nitrogen and oxygen atoms in total. The van der Waals surface area contributed by atoms with Gasteiger partial charge in [0.05, 0.1) is 5.02 Å². The van der Waals surface area contributed by atoms with E-state index in [0.29, 0.717) is 28.9 Å². The highest BCUT2D eigenvalue weighted by Crippen LogP contribution is 2.37. The molecule has 0 unspecified atom stereocenters. The third-order valence-electron chi connectivity index (χ3n) is 4.30. The molecular formula is C14H19ClN2O. The average molecular weight is 267 g/mol. The third-order valence-corrected chi connectivity index (χ3v) is 4.60. The Morgan fingerprint density at radius 2 is 1.94 bits per heavy atom. The van der Waals surface area contributed by atoms with Crippen LogP contribution in [0.2, 0.25) is 5.02 Å². The lowest BCUT2D eigenvalue weighted by Gasteiger charge is -2.36. The van der Waals surface area contributed by atoms with E-state index in [1.54, 1.807) is 6.07 Å². The van der Waals surface area contributed by atoms with Crippen molar-refractivity contribution in [3.05, 3.63) is 23.2 Å². The van der Waals surface area contributed by atoms with Gasteiger partial charge >= 0.3 is 0 Å². The lowest BCUT2D eigenvalue weighted by Crippen LogP contribution is -2.43. The SMILES string of the molecule is CN1[C@@H]2CC[C@H]1C[C@@H](Oc1ccc(N)cc1Cl)C2. The number of rotatable bonds is 2. The Bertz CT molecular complexity index is 437. The first-order valence-electron chi connectivity index (χ1n) is 6.57. The molecular weight excluding hydrogens is 248 g/mol. The van der Waals surface area contributed by atoms with Gasteiger partial charge in [-0.05, 0) is 50.9 Å². The van der Waals surface area contributed by atoms with Crippen LogP contribution in [0.3, 0.4) is 0 Å². The summed E-state index contributed by atoms with van der Waals surface area (Å²) in [7, 11) is 2.23. The molecule has 0 aliphatic carbocycles. The molecule has 2 bridgehead atoms. The van der Waals surface area contributed by atoms with Crippen LogP contribution >= 0.6 is 11.6 Å². The van der Waals surface area contributed by atoms with E-state index in [1.165, 1.54) is 12.8 Å². The molecule has 4 heteroatoms. The van der Waals surface area contributed by atoms with E-state index in [9.17, 15) is 0 Å². The number of piperidine rings is 1. The first-order chi connectivity index (χ1) is 8.63. The number of fused-ring (bicyclic) bond motifs is 2. The number of nitrogens with two attached hydrogens (primary N) is 1. The molecule has 3 rings (SSSR count). The second-order valence-corrected chi connectivity index (χ2v) is 5.86. The van der Waals surface area contributed by atoms with Crippen molar-refractivity contribution in [3.63, 3.8) is 0 Å². The van der Waals surface area contributed by atoms with Gasteiger partial charge in [0, 0.05) is 17.8 Å². The van der Waals surface area contributed by atoms with Gasteiger partial charge in [-0.15, -0.1) is 0 Å². The fourth-order valence-electron chi connectivity index (χ4n) is 3.25. The van der Waals surface area contributed by atoms with Gasteiger partial charge in [-0.2, -0.15) is 0 Å². The molecule has 0 radical (unpaired) electrons. The fraction of sp³-hybridized carbons (Fsp3) is 0.571. The maximum atomic E-state index is 6.15. The summed E-state index contributed by atoms with van der Waals surface area (Å²) >= 11 is 6.15. The van der Waals surface area contributed by atoms with E-state index in [-0.39, 0.29) is 0 Å². The Morgan fingerprint density at radius 3 is 2.56 bits per heavy atom. The van der Waals surface area contributed by atoms with Crippen LogP contribution < -0.4 is 10.5 Å². The molecule has 2 saturated heterocycles. The van der Waals surface area contributed by atoms with Crippen molar-refractivity contribution in [1.29, 1.82) is 0 Å². The first kappa shape index (κ1) is 12.1. The fourth-order valence-corrected chi connectivity index (χ4v) is 3.48. The molecule has 0 aromatic heterocycles. The van der Waals surface area contributed by atoms with E-state index >= 15 is 0 Å². The molecule has 2 aliphatic rings. The summed E-state index contributed by atoms with van der Waals surface area (Å²) in [5.41, 5.74) is 6.36. The zero-order valence-corrected chi connectivity index (χ0v) is 11.4. The maximum Gasteiger partial charge on any atom is 0.138 e. The summed E-state index contributed by atoms with van der Waals surface area (Å²) in [5, 5.41) is 0.612. The number of benzene rings is 1. The zero-order valence-electron chi connectivity index (χ0n) is 10.6. The summed E-state index contributed by atoms with van der Waals surface area (Å²) in [6, 6.07) is 6.82. The summed E-state index contributed by atoms with van der Waals surface area (Å²) in [5.74, 6) is 0.764. The van der Waals surface area contributed by atoms with Crippen LogP contribution in [0.4, 0.5) is 5.69 Å². The van der Waals surface area contributed by atoms with Gasteiger partial charge in [0.25, 0.3) is 0 Å². The topological polar surface area (TPSA) is 38.5 Å². The molecule has 2 N–H and O–H groups in total. The number of hydrogen-bond acceptors (Lipinski definition) is 3. The van der Waals surface area contributed by atoms with Crippen molar-refractivity contribution < 1.29 is 4.74 Å². The number of nitrogen functional groups attached to an aromatic ring is 1. The van der Waals surface area contributed by atoms with Gasteiger partial charge in [-0.1, -0.05) is 11.6 Å². The van der Waals surface area contributed by atoms with Gasteiger partial charge < -0.3 is 15.4 Å². The van der Waals surface area contributed by atoms with Crippen LogP contribution in [0.1, 0.15) is 25.7 Å². The van der Waals surface area contributed by atoms with E-state index in [2.05, 4.69) is 11.9 Å². The number of ether oxygens (including phenoxy) is 1. The Balaban J connectivity index is 1.70. The number of hydrogen-bond donors (Lipinski definition) is 1. The summed E-state index contributed by atoms with van der Waals surface area (Å²) in [4.78, 5) is 2.50. The Morgan fingerprint density at radius 1 is 1.28 bits per heavy atom. The number of halogens is 1. The highest BCUT2D eigenvalue weighted by atomic mass is 35.5. The molecule has 2 heterocycles. The average Bonchev–Trinajstić information content (AvgIpc) is 2.57. The Kier molecular flexibility index (Phi) is 3.12. The summed E-state index contributed by atoms with van der Waals surface area (Å²) < 4.78 is 6.06. The minimum atomic E-state index is 0.292. The second-order valence-electron chi connectivity index (χ2n) is 5.45. The molecule has 3 atom stereocenters. The zero-order chi connectivity index (χ0) is 12.7. The van der Waals surface area contributed by atoms with E-state index < -0.39 is 0 Å². The minimum Gasteiger partial charge on any atom is -0.489 e. The van der Waals surface area contributed by atoms with Crippen molar-refractivity contribution in [3.8, 4) is 5.75 Å². The Labute approximate surface area is 113 Å². The van der Waals surface area contributed by atoms with Gasteiger partial charge in [0.1, 0.15) is 11.9 Å². The van der Waals surface area contributed by atoms with Crippen LogP contribution in [-0.4, -0.2) is 30.1 Å². The monoisotopic (exact) mass is 266 g/mol. The van der Waals surface area contributed by atoms with Crippen LogP contribution in [0, 0.1) is 0 Å². The van der Waals surface area contributed by atoms with Crippen molar-refractivity contribution in [2.24, 2.45) is 0 Å². The molecule has 1 aromatic carbocycles.